The Morgan fingerprint density at radius 1 is 1.34 bits per heavy atom. The minimum atomic E-state index is -1.11. The van der Waals surface area contributed by atoms with Gasteiger partial charge < -0.3 is 39.5 Å². The number of amides is 3. The second-order valence-corrected chi connectivity index (χ2v) is 9.96. The van der Waals surface area contributed by atoms with Gasteiger partial charge in [0.25, 0.3) is 11.8 Å². The first-order valence-corrected chi connectivity index (χ1v) is 12.5. The van der Waals surface area contributed by atoms with E-state index in [9.17, 15) is 29.2 Å². The number of aryl methyl sites for hydroxylation is 1. The molecule has 0 bridgehead atoms. The van der Waals surface area contributed by atoms with E-state index < -0.39 is 52.8 Å². The number of hydrogen-bond acceptors (Lipinski definition) is 15. The molecule has 0 spiro atoms. The fourth-order valence-corrected chi connectivity index (χ4v) is 5.31. The normalized spacial score (nSPS) is 19.0. The molecule has 2 atom stereocenters. The molecule has 2 aliphatic rings. The van der Waals surface area contributed by atoms with Gasteiger partial charge in [0.1, 0.15) is 29.4 Å². The SMILES string of the molecule is Cc1oc(=O)oc1OC(=O)C1=C(COC(=O)N(C)C)CS[C@@H]2[C@H](NC(=O)/C(=N\O)c3csc(N)n3)C(=O)N12. The Morgan fingerprint density at radius 2 is 2.08 bits per heavy atom. The van der Waals surface area contributed by atoms with Gasteiger partial charge in [-0.1, -0.05) is 5.16 Å². The van der Waals surface area contributed by atoms with Crippen molar-refractivity contribution in [2.45, 2.75) is 18.3 Å². The molecule has 0 aliphatic carbocycles. The lowest BCUT2D eigenvalue weighted by Crippen LogP contribution is -2.71. The number of esters is 1. The zero-order chi connectivity index (χ0) is 27.7. The number of thiazole rings is 1. The molecular weight excluding hydrogens is 548 g/mol. The summed E-state index contributed by atoms with van der Waals surface area (Å²) in [5.41, 5.74) is 5.11. The number of β-lactam (4-membered cyclic amide) rings is 1. The Morgan fingerprint density at radius 3 is 2.66 bits per heavy atom. The maximum atomic E-state index is 13.1. The molecule has 0 unspecified atom stereocenters. The van der Waals surface area contributed by atoms with Crippen LogP contribution in [0.3, 0.4) is 0 Å². The first kappa shape index (κ1) is 26.7. The van der Waals surface area contributed by atoms with Crippen LogP contribution < -0.4 is 21.6 Å². The number of nitrogens with one attached hydrogen (secondary N) is 1. The number of carbonyl (C=O) groups is 4. The summed E-state index contributed by atoms with van der Waals surface area (Å²) in [5.74, 6) is -4.26. The number of thioether (sulfide) groups is 1. The van der Waals surface area contributed by atoms with E-state index in [0.717, 1.165) is 16.2 Å². The van der Waals surface area contributed by atoms with Crippen LogP contribution in [0.2, 0.25) is 0 Å². The molecule has 16 nitrogen and oxygen atoms in total. The Kier molecular flexibility index (Phi) is 7.44. The molecule has 1 saturated heterocycles. The molecule has 2 aromatic rings. The van der Waals surface area contributed by atoms with Crippen LogP contribution in [-0.4, -0.2) is 87.5 Å². The molecular formula is C20H20N6O10S2. The van der Waals surface area contributed by atoms with Gasteiger partial charge in [-0.15, -0.1) is 23.1 Å². The third kappa shape index (κ3) is 5.07. The van der Waals surface area contributed by atoms with Gasteiger partial charge in [0.2, 0.25) is 0 Å². The van der Waals surface area contributed by atoms with Gasteiger partial charge in [-0.2, -0.15) is 0 Å². The van der Waals surface area contributed by atoms with Crippen molar-refractivity contribution in [3.05, 3.63) is 38.7 Å². The van der Waals surface area contributed by atoms with E-state index in [0.29, 0.717) is 0 Å². The highest BCUT2D eigenvalue weighted by Gasteiger charge is 2.55. The standard InChI is InChI=1S/C20H20N6O10S2/c1-7-17(36-20(31)34-7)35-16(29)12-8(4-33-19(30)25(2)3)5-37-15-11(14(28)26(12)15)23-13(27)10(24-32)9-6-38-18(21)22-9/h6,11,15,32H,4-5H2,1-3H3,(H2,21,22)(H,23,27)/b24-10-/t11-,15-/m1/s1. The average Bonchev–Trinajstić information content (AvgIpc) is 3.43. The van der Waals surface area contributed by atoms with E-state index in [4.69, 9.17) is 19.6 Å². The fraction of sp³-hybridized carbons (Fsp3) is 0.350. The lowest BCUT2D eigenvalue weighted by molar-refractivity contribution is -0.149. The molecule has 4 N–H and O–H groups in total. The molecule has 202 valence electrons. The molecule has 18 heteroatoms. The predicted octanol–water partition coefficient (Wildman–Crippen LogP) is -0.284. The van der Waals surface area contributed by atoms with Crippen molar-refractivity contribution < 1.29 is 42.7 Å². The molecule has 2 aliphatic heterocycles. The lowest BCUT2D eigenvalue weighted by atomic mass is 10.0. The summed E-state index contributed by atoms with van der Waals surface area (Å²) < 4.78 is 19.7. The summed E-state index contributed by atoms with van der Waals surface area (Å²) in [6.07, 6.45) is -0.687. The van der Waals surface area contributed by atoms with Crippen LogP contribution in [0, 0.1) is 6.92 Å². The summed E-state index contributed by atoms with van der Waals surface area (Å²) >= 11 is 2.20. The number of aromatic nitrogens is 1. The van der Waals surface area contributed by atoms with Crippen molar-refractivity contribution in [3.8, 4) is 5.95 Å². The van der Waals surface area contributed by atoms with Crippen LogP contribution >= 0.6 is 23.1 Å². The summed E-state index contributed by atoms with van der Waals surface area (Å²) in [6.45, 7) is 0.987. The van der Waals surface area contributed by atoms with E-state index >= 15 is 0 Å². The zero-order valence-corrected chi connectivity index (χ0v) is 21.6. The second kappa shape index (κ2) is 10.6. The Bertz CT molecular complexity index is 1420. The third-order valence-electron chi connectivity index (χ3n) is 5.23. The van der Waals surface area contributed by atoms with Crippen molar-refractivity contribution in [1.29, 1.82) is 0 Å². The summed E-state index contributed by atoms with van der Waals surface area (Å²) in [4.78, 5) is 68.4. The lowest BCUT2D eigenvalue weighted by Gasteiger charge is -2.49. The molecule has 3 amide bonds. The summed E-state index contributed by atoms with van der Waals surface area (Å²) in [7, 11) is 2.94. The number of nitrogen functional groups attached to an aromatic ring is 1. The maximum Gasteiger partial charge on any atom is 0.521 e. The van der Waals surface area contributed by atoms with Crippen molar-refractivity contribution in [2.24, 2.45) is 5.16 Å². The van der Waals surface area contributed by atoms with Crippen LogP contribution in [0.15, 0.2) is 35.4 Å². The van der Waals surface area contributed by atoms with Crippen LogP contribution in [0.5, 0.6) is 5.95 Å². The number of ether oxygens (including phenoxy) is 2. The van der Waals surface area contributed by atoms with Crippen molar-refractivity contribution >= 4 is 57.8 Å². The highest BCUT2D eigenvalue weighted by atomic mass is 32.2. The van der Waals surface area contributed by atoms with Gasteiger partial charge >= 0.3 is 23.8 Å². The van der Waals surface area contributed by atoms with E-state index in [1.165, 1.54) is 43.1 Å². The second-order valence-electron chi connectivity index (χ2n) is 7.97. The molecule has 2 aromatic heterocycles. The topological polar surface area (TPSA) is 220 Å². The summed E-state index contributed by atoms with van der Waals surface area (Å²) in [6, 6.07) is -1.11. The van der Waals surface area contributed by atoms with Gasteiger partial charge in [0.05, 0.1) is 0 Å². The van der Waals surface area contributed by atoms with Crippen LogP contribution in [0.4, 0.5) is 9.93 Å². The number of carbonyl (C=O) groups excluding carboxylic acids is 4. The van der Waals surface area contributed by atoms with Gasteiger partial charge in [0.15, 0.2) is 16.6 Å². The van der Waals surface area contributed by atoms with Gasteiger partial charge in [-0.3, -0.25) is 14.5 Å². The van der Waals surface area contributed by atoms with E-state index in [1.807, 2.05) is 0 Å². The largest absolute Gasteiger partial charge is 0.521 e. The monoisotopic (exact) mass is 568 g/mol. The molecule has 4 rings (SSSR count). The van der Waals surface area contributed by atoms with Gasteiger partial charge in [-0.25, -0.2) is 19.4 Å². The predicted molar refractivity (Wildman–Crippen MR) is 130 cm³/mol. The minimum absolute atomic E-state index is 0.0126. The van der Waals surface area contributed by atoms with Gasteiger partial charge in [0, 0.05) is 37.7 Å². The first-order chi connectivity index (χ1) is 18.0. The highest BCUT2D eigenvalue weighted by Crippen LogP contribution is 2.41. The number of nitrogens with zero attached hydrogens (tertiary/aromatic N) is 4. The van der Waals surface area contributed by atoms with Crippen molar-refractivity contribution in [1.82, 2.24) is 20.1 Å². The Hall–Kier alpha value is -4.32. The number of anilines is 1. The maximum absolute atomic E-state index is 13.1. The third-order valence-corrected chi connectivity index (χ3v) is 7.24. The van der Waals surface area contributed by atoms with Crippen molar-refractivity contribution in [3.63, 3.8) is 0 Å². The Balaban J connectivity index is 1.57. The number of oxime groups is 1. The quantitative estimate of drug-likeness (QED) is 0.129. The number of fused-ring (bicyclic) bond motifs is 1. The van der Waals surface area contributed by atoms with E-state index in [1.54, 1.807) is 0 Å². The number of rotatable bonds is 7. The number of nitrogens with two attached hydrogens (primary N) is 1. The smallest absolute Gasteiger partial charge is 0.445 e. The Labute approximate surface area is 221 Å². The number of hydrogen-bond donors (Lipinski definition) is 3. The molecule has 0 aromatic carbocycles. The molecule has 0 radical (unpaired) electrons. The van der Waals surface area contributed by atoms with Gasteiger partial charge in [-0.05, 0) is 0 Å². The zero-order valence-electron chi connectivity index (χ0n) is 20.0. The average molecular weight is 569 g/mol. The van der Waals surface area contributed by atoms with Crippen molar-refractivity contribution in [2.75, 3.05) is 32.2 Å². The van der Waals surface area contributed by atoms with E-state index in [-0.39, 0.29) is 40.2 Å². The first-order valence-electron chi connectivity index (χ1n) is 10.6. The molecule has 0 saturated carbocycles. The van der Waals surface area contributed by atoms with Crippen LogP contribution in [0.1, 0.15) is 11.5 Å². The van der Waals surface area contributed by atoms with Crippen LogP contribution in [0.25, 0.3) is 0 Å². The molecule has 4 heterocycles. The molecule has 38 heavy (non-hydrogen) atoms. The van der Waals surface area contributed by atoms with E-state index in [2.05, 4.69) is 19.9 Å². The van der Waals surface area contributed by atoms with Crippen LogP contribution in [-0.2, 0) is 19.1 Å². The summed E-state index contributed by atoms with van der Waals surface area (Å²) in [5, 5.41) is 15.5. The molecule has 1 fully saturated rings. The minimum Gasteiger partial charge on any atom is -0.445 e. The fourth-order valence-electron chi connectivity index (χ4n) is 3.44. The highest BCUT2D eigenvalue weighted by molar-refractivity contribution is 8.00.